The number of carbonyl (C=O) groups is 1. The second kappa shape index (κ2) is 5.44. The van der Waals surface area contributed by atoms with Gasteiger partial charge in [-0.2, -0.15) is 0 Å². The highest BCUT2D eigenvalue weighted by Crippen LogP contribution is 2.44. The van der Waals surface area contributed by atoms with Gasteiger partial charge in [-0.1, -0.05) is 24.6 Å². The standard InChI is InChI=1S/C17H21N3O2S/c1-9-14(16(21)22-3)10(2)18-15(9)13-8-23-17-19-11-6-4-5-7-12(11)20(13)17/h8,11-12,18H,4-7H2,1-3H3/t11-,12-/m0/s1. The van der Waals surface area contributed by atoms with E-state index in [1.807, 2.05) is 13.8 Å². The summed E-state index contributed by atoms with van der Waals surface area (Å²) in [7, 11) is 1.43. The lowest BCUT2D eigenvalue weighted by molar-refractivity contribution is 0.0599. The molecule has 0 bridgehead atoms. The highest BCUT2D eigenvalue weighted by molar-refractivity contribution is 8.16. The second-order valence-corrected chi connectivity index (χ2v) is 7.27. The number of amidine groups is 1. The van der Waals surface area contributed by atoms with Crippen LogP contribution in [0.2, 0.25) is 0 Å². The third kappa shape index (κ3) is 2.15. The lowest BCUT2D eigenvalue weighted by atomic mass is 9.90. The molecule has 1 aromatic heterocycles. The van der Waals surface area contributed by atoms with Gasteiger partial charge < -0.3 is 14.6 Å². The molecule has 2 atom stereocenters. The Labute approximate surface area is 140 Å². The van der Waals surface area contributed by atoms with Crippen molar-refractivity contribution in [3.63, 3.8) is 0 Å². The minimum absolute atomic E-state index is 0.278. The van der Waals surface area contributed by atoms with E-state index in [0.717, 1.165) is 27.8 Å². The molecule has 122 valence electrons. The van der Waals surface area contributed by atoms with Crippen molar-refractivity contribution in [1.29, 1.82) is 0 Å². The number of rotatable bonds is 2. The number of aromatic nitrogens is 1. The van der Waals surface area contributed by atoms with Crippen LogP contribution in [0.25, 0.3) is 5.70 Å². The number of carbonyl (C=O) groups excluding carboxylic acids is 1. The number of aryl methyl sites for hydroxylation is 1. The van der Waals surface area contributed by atoms with Crippen LogP contribution in [-0.4, -0.2) is 40.2 Å². The second-order valence-electron chi connectivity index (χ2n) is 6.44. The summed E-state index contributed by atoms with van der Waals surface area (Å²) in [6, 6.07) is 0.913. The first kappa shape index (κ1) is 14.9. The molecular formula is C17H21N3O2S. The summed E-state index contributed by atoms with van der Waals surface area (Å²) in [6.45, 7) is 3.91. The van der Waals surface area contributed by atoms with E-state index in [1.165, 1.54) is 32.8 Å². The van der Waals surface area contributed by atoms with Gasteiger partial charge in [-0.25, -0.2) is 4.79 Å². The van der Waals surface area contributed by atoms with E-state index in [0.29, 0.717) is 17.6 Å². The van der Waals surface area contributed by atoms with Gasteiger partial charge in [-0.15, -0.1) is 0 Å². The van der Waals surface area contributed by atoms with Crippen molar-refractivity contribution >= 4 is 28.6 Å². The van der Waals surface area contributed by atoms with Crippen molar-refractivity contribution < 1.29 is 9.53 Å². The van der Waals surface area contributed by atoms with Gasteiger partial charge in [0.2, 0.25) is 0 Å². The van der Waals surface area contributed by atoms with Crippen LogP contribution < -0.4 is 0 Å². The van der Waals surface area contributed by atoms with E-state index in [2.05, 4.69) is 15.3 Å². The number of fused-ring (bicyclic) bond motifs is 3. The molecule has 1 fully saturated rings. The summed E-state index contributed by atoms with van der Waals surface area (Å²) in [5.74, 6) is -0.278. The van der Waals surface area contributed by atoms with E-state index in [4.69, 9.17) is 9.73 Å². The van der Waals surface area contributed by atoms with E-state index in [1.54, 1.807) is 11.8 Å². The summed E-state index contributed by atoms with van der Waals surface area (Å²) < 4.78 is 4.93. The first-order chi connectivity index (χ1) is 11.1. The van der Waals surface area contributed by atoms with Crippen LogP contribution in [0.3, 0.4) is 0 Å². The van der Waals surface area contributed by atoms with Crippen molar-refractivity contribution in [1.82, 2.24) is 9.88 Å². The van der Waals surface area contributed by atoms with Gasteiger partial charge in [0.05, 0.1) is 36.1 Å². The van der Waals surface area contributed by atoms with Crippen LogP contribution in [0.15, 0.2) is 10.4 Å². The topological polar surface area (TPSA) is 57.7 Å². The monoisotopic (exact) mass is 331 g/mol. The number of nitrogens with zero attached hydrogens (tertiary/aromatic N) is 2. The molecule has 0 saturated heterocycles. The normalized spacial score (nSPS) is 25.8. The van der Waals surface area contributed by atoms with E-state index >= 15 is 0 Å². The number of hydrogen-bond acceptors (Lipinski definition) is 5. The lowest BCUT2D eigenvalue weighted by Gasteiger charge is -2.31. The Morgan fingerprint density at radius 3 is 2.96 bits per heavy atom. The van der Waals surface area contributed by atoms with Crippen molar-refractivity contribution in [2.75, 3.05) is 7.11 Å². The van der Waals surface area contributed by atoms with Crippen LogP contribution in [0.1, 0.15) is 53.0 Å². The minimum Gasteiger partial charge on any atom is -0.465 e. The molecule has 0 aromatic carbocycles. The fraction of sp³-hybridized carbons (Fsp3) is 0.529. The molecule has 1 saturated carbocycles. The molecule has 0 amide bonds. The van der Waals surface area contributed by atoms with Crippen LogP contribution in [0.4, 0.5) is 0 Å². The summed E-state index contributed by atoms with van der Waals surface area (Å²) in [4.78, 5) is 22.7. The summed E-state index contributed by atoms with van der Waals surface area (Å²) in [5.41, 5.74) is 4.64. The number of methoxy groups -OCH3 is 1. The zero-order chi connectivity index (χ0) is 16.1. The zero-order valence-electron chi connectivity index (χ0n) is 13.7. The fourth-order valence-electron chi connectivity index (χ4n) is 4.02. The number of aromatic amines is 1. The van der Waals surface area contributed by atoms with E-state index in [9.17, 15) is 4.79 Å². The Morgan fingerprint density at radius 2 is 2.17 bits per heavy atom. The molecule has 23 heavy (non-hydrogen) atoms. The van der Waals surface area contributed by atoms with Gasteiger partial charge in [0, 0.05) is 11.1 Å². The smallest absolute Gasteiger partial charge is 0.339 e. The minimum atomic E-state index is -0.278. The van der Waals surface area contributed by atoms with Gasteiger partial charge >= 0.3 is 5.97 Å². The molecule has 2 aliphatic heterocycles. The number of nitrogens with one attached hydrogen (secondary N) is 1. The maximum atomic E-state index is 12.0. The first-order valence-corrected chi connectivity index (χ1v) is 9.01. The molecule has 6 heteroatoms. The average Bonchev–Trinajstić information content (AvgIpc) is 3.18. The Bertz CT molecular complexity index is 734. The van der Waals surface area contributed by atoms with Crippen molar-refractivity contribution in [2.45, 2.75) is 51.6 Å². The largest absolute Gasteiger partial charge is 0.465 e. The SMILES string of the molecule is COC(=O)c1c(C)[nH]c(C2=CSC3=N[C@H]4CCCC[C@@H]4N23)c1C. The number of esters is 1. The number of hydrogen-bond donors (Lipinski definition) is 1. The van der Waals surface area contributed by atoms with Crippen LogP contribution in [-0.2, 0) is 4.74 Å². The third-order valence-electron chi connectivity index (χ3n) is 5.13. The Balaban J connectivity index is 1.72. The van der Waals surface area contributed by atoms with Gasteiger partial charge in [-0.05, 0) is 32.3 Å². The molecule has 1 aromatic rings. The molecule has 4 rings (SSSR count). The van der Waals surface area contributed by atoms with Crippen molar-refractivity contribution in [3.8, 4) is 0 Å². The maximum Gasteiger partial charge on any atom is 0.339 e. The highest BCUT2D eigenvalue weighted by Gasteiger charge is 2.43. The number of thioether (sulfide) groups is 1. The van der Waals surface area contributed by atoms with Gasteiger partial charge in [0.1, 0.15) is 0 Å². The molecular weight excluding hydrogens is 310 g/mol. The summed E-state index contributed by atoms with van der Waals surface area (Å²) in [6.07, 6.45) is 4.93. The van der Waals surface area contributed by atoms with Gasteiger partial charge in [-0.3, -0.25) is 4.99 Å². The van der Waals surface area contributed by atoms with Crippen molar-refractivity contribution in [3.05, 3.63) is 27.9 Å². The molecule has 1 aliphatic carbocycles. The molecule has 5 nitrogen and oxygen atoms in total. The Kier molecular flexibility index (Phi) is 3.52. The zero-order valence-corrected chi connectivity index (χ0v) is 14.5. The number of ether oxygens (including phenoxy) is 1. The average molecular weight is 331 g/mol. The molecule has 3 aliphatic rings. The molecule has 1 N–H and O–H groups in total. The third-order valence-corrected chi connectivity index (χ3v) is 5.98. The van der Waals surface area contributed by atoms with Gasteiger partial charge in [0.15, 0.2) is 5.17 Å². The molecule has 0 radical (unpaired) electrons. The Morgan fingerprint density at radius 1 is 1.39 bits per heavy atom. The van der Waals surface area contributed by atoms with Crippen LogP contribution in [0, 0.1) is 13.8 Å². The maximum absolute atomic E-state index is 12.0. The van der Waals surface area contributed by atoms with E-state index < -0.39 is 0 Å². The van der Waals surface area contributed by atoms with Gasteiger partial charge in [0.25, 0.3) is 0 Å². The number of H-pyrrole nitrogens is 1. The predicted octanol–water partition coefficient (Wildman–Crippen LogP) is 3.45. The quantitative estimate of drug-likeness (QED) is 0.843. The fourth-order valence-corrected chi connectivity index (χ4v) is 5.01. The first-order valence-electron chi connectivity index (χ1n) is 8.13. The van der Waals surface area contributed by atoms with Crippen LogP contribution in [0.5, 0.6) is 0 Å². The molecule has 0 unspecified atom stereocenters. The lowest BCUT2D eigenvalue weighted by Crippen LogP contribution is -2.38. The summed E-state index contributed by atoms with van der Waals surface area (Å²) >= 11 is 1.70. The van der Waals surface area contributed by atoms with Crippen LogP contribution >= 0.6 is 11.8 Å². The molecule has 0 spiro atoms. The Hall–Kier alpha value is -1.69. The number of aliphatic imine (C=N–C) groups is 1. The summed E-state index contributed by atoms with van der Waals surface area (Å²) in [5, 5.41) is 3.27. The van der Waals surface area contributed by atoms with E-state index in [-0.39, 0.29) is 5.97 Å². The molecule has 3 heterocycles. The predicted molar refractivity (Wildman–Crippen MR) is 92.5 cm³/mol. The van der Waals surface area contributed by atoms with Crippen molar-refractivity contribution in [2.24, 2.45) is 4.99 Å². The highest BCUT2D eigenvalue weighted by atomic mass is 32.2.